The van der Waals surface area contributed by atoms with Crippen LogP contribution in [0.1, 0.15) is 60.8 Å². The van der Waals surface area contributed by atoms with Gasteiger partial charge in [-0.3, -0.25) is 0 Å². The number of nitrogens with one attached hydrogen (secondary N) is 1. The lowest BCUT2D eigenvalue weighted by Gasteiger charge is -2.33. The van der Waals surface area contributed by atoms with Crippen molar-refractivity contribution in [3.05, 3.63) is 0 Å². The van der Waals surface area contributed by atoms with Crippen molar-refractivity contribution in [2.24, 2.45) is 5.41 Å². The number of unbranched alkanes of at least 4 members (excludes halogenated alkanes) is 1. The predicted molar refractivity (Wildman–Crippen MR) is 78.6 cm³/mol. The zero-order valence-corrected chi connectivity index (χ0v) is 13.0. The van der Waals surface area contributed by atoms with E-state index in [4.69, 9.17) is 0 Å². The third-order valence-corrected chi connectivity index (χ3v) is 3.51. The topological polar surface area (TPSA) is 15.3 Å². The van der Waals surface area contributed by atoms with Gasteiger partial charge in [0, 0.05) is 6.04 Å². The molecule has 0 aliphatic carbocycles. The quantitative estimate of drug-likeness (QED) is 0.665. The van der Waals surface area contributed by atoms with Crippen LogP contribution in [0.25, 0.3) is 0 Å². The molecule has 0 radical (unpaired) electrons. The number of rotatable bonds is 9. The summed E-state index contributed by atoms with van der Waals surface area (Å²) in [7, 11) is 0. The van der Waals surface area contributed by atoms with Crippen molar-refractivity contribution in [1.29, 1.82) is 0 Å². The standard InChI is InChI=1S/C15H34N2/c1-7-10-12-17(9-3)13-11-14(16-8-2)15(4,5)6/h14,16H,7-13H2,1-6H3. The molecule has 0 bridgehead atoms. The Kier molecular flexibility index (Phi) is 8.89. The van der Waals surface area contributed by atoms with Gasteiger partial charge in [-0.05, 0) is 44.4 Å². The molecule has 0 aromatic carbocycles. The average molecular weight is 242 g/mol. The maximum absolute atomic E-state index is 3.63. The highest BCUT2D eigenvalue weighted by Crippen LogP contribution is 2.22. The fourth-order valence-electron chi connectivity index (χ4n) is 2.21. The monoisotopic (exact) mass is 242 g/mol. The van der Waals surface area contributed by atoms with Crippen LogP contribution < -0.4 is 5.32 Å². The number of hydrogen-bond acceptors (Lipinski definition) is 2. The molecule has 0 amide bonds. The Hall–Kier alpha value is -0.0800. The van der Waals surface area contributed by atoms with Gasteiger partial charge in [0.05, 0.1) is 0 Å². The molecule has 0 spiro atoms. The van der Waals surface area contributed by atoms with Gasteiger partial charge >= 0.3 is 0 Å². The Labute approximate surface area is 109 Å². The lowest BCUT2D eigenvalue weighted by molar-refractivity contribution is 0.209. The van der Waals surface area contributed by atoms with E-state index in [-0.39, 0.29) is 0 Å². The van der Waals surface area contributed by atoms with Crippen LogP contribution in [0.5, 0.6) is 0 Å². The summed E-state index contributed by atoms with van der Waals surface area (Å²) < 4.78 is 0. The Morgan fingerprint density at radius 2 is 1.71 bits per heavy atom. The van der Waals surface area contributed by atoms with Crippen LogP contribution in [-0.4, -0.2) is 37.1 Å². The average Bonchev–Trinajstić information content (AvgIpc) is 2.26. The van der Waals surface area contributed by atoms with Crippen molar-refractivity contribution in [2.45, 2.75) is 66.8 Å². The highest BCUT2D eigenvalue weighted by atomic mass is 15.1. The molecule has 0 fully saturated rings. The minimum atomic E-state index is 0.361. The van der Waals surface area contributed by atoms with Gasteiger partial charge in [-0.1, -0.05) is 48.0 Å². The zero-order chi connectivity index (χ0) is 13.3. The molecule has 0 aromatic rings. The molecule has 104 valence electrons. The summed E-state index contributed by atoms with van der Waals surface area (Å²) in [5, 5.41) is 3.63. The van der Waals surface area contributed by atoms with Crippen molar-refractivity contribution in [3.8, 4) is 0 Å². The Bertz CT molecular complexity index is 172. The van der Waals surface area contributed by atoms with E-state index < -0.39 is 0 Å². The van der Waals surface area contributed by atoms with Gasteiger partial charge in [0.1, 0.15) is 0 Å². The Morgan fingerprint density at radius 3 is 2.12 bits per heavy atom. The first-order chi connectivity index (χ1) is 7.95. The predicted octanol–water partition coefficient (Wildman–Crippen LogP) is 3.52. The molecule has 1 unspecified atom stereocenters. The van der Waals surface area contributed by atoms with E-state index in [2.05, 4.69) is 51.8 Å². The second-order valence-corrected chi connectivity index (χ2v) is 6.05. The van der Waals surface area contributed by atoms with Crippen LogP contribution in [0.2, 0.25) is 0 Å². The highest BCUT2D eigenvalue weighted by Gasteiger charge is 2.23. The molecule has 17 heavy (non-hydrogen) atoms. The summed E-state index contributed by atoms with van der Waals surface area (Å²) in [6, 6.07) is 0.628. The van der Waals surface area contributed by atoms with E-state index in [9.17, 15) is 0 Å². The van der Waals surface area contributed by atoms with E-state index in [0.29, 0.717) is 11.5 Å². The van der Waals surface area contributed by atoms with Crippen LogP contribution in [-0.2, 0) is 0 Å². The molecule has 1 N–H and O–H groups in total. The maximum atomic E-state index is 3.63. The van der Waals surface area contributed by atoms with Crippen LogP contribution in [0.4, 0.5) is 0 Å². The summed E-state index contributed by atoms with van der Waals surface area (Å²) in [6.07, 6.45) is 3.89. The second-order valence-electron chi connectivity index (χ2n) is 6.05. The van der Waals surface area contributed by atoms with Gasteiger partial charge in [-0.15, -0.1) is 0 Å². The fraction of sp³-hybridized carbons (Fsp3) is 1.00. The second kappa shape index (κ2) is 8.93. The van der Waals surface area contributed by atoms with Crippen molar-refractivity contribution >= 4 is 0 Å². The molecule has 0 aliphatic heterocycles. The normalized spacial score (nSPS) is 14.3. The third-order valence-electron chi connectivity index (χ3n) is 3.51. The summed E-state index contributed by atoms with van der Waals surface area (Å²) in [4.78, 5) is 2.58. The fourth-order valence-corrected chi connectivity index (χ4v) is 2.21. The minimum absolute atomic E-state index is 0.361. The highest BCUT2D eigenvalue weighted by molar-refractivity contribution is 4.81. The van der Waals surface area contributed by atoms with Crippen molar-refractivity contribution in [1.82, 2.24) is 10.2 Å². The molecule has 0 heterocycles. The van der Waals surface area contributed by atoms with Gasteiger partial charge in [-0.2, -0.15) is 0 Å². The van der Waals surface area contributed by atoms with Crippen molar-refractivity contribution < 1.29 is 0 Å². The van der Waals surface area contributed by atoms with E-state index in [1.165, 1.54) is 38.9 Å². The molecule has 2 heteroatoms. The zero-order valence-electron chi connectivity index (χ0n) is 13.0. The first-order valence-corrected chi connectivity index (χ1v) is 7.41. The summed E-state index contributed by atoms with van der Waals surface area (Å²) in [6.45, 7) is 18.5. The van der Waals surface area contributed by atoms with Gasteiger partial charge < -0.3 is 10.2 Å². The summed E-state index contributed by atoms with van der Waals surface area (Å²) >= 11 is 0. The third kappa shape index (κ3) is 7.77. The van der Waals surface area contributed by atoms with Gasteiger partial charge in [0.25, 0.3) is 0 Å². The van der Waals surface area contributed by atoms with Crippen LogP contribution in [0.3, 0.4) is 0 Å². The van der Waals surface area contributed by atoms with Crippen molar-refractivity contribution in [2.75, 3.05) is 26.2 Å². The molecular weight excluding hydrogens is 208 g/mol. The van der Waals surface area contributed by atoms with E-state index in [1.54, 1.807) is 0 Å². The van der Waals surface area contributed by atoms with Crippen LogP contribution in [0, 0.1) is 5.41 Å². The molecule has 0 aromatic heterocycles. The molecule has 1 atom stereocenters. The molecule has 0 aliphatic rings. The summed E-state index contributed by atoms with van der Waals surface area (Å²) in [5.74, 6) is 0. The lowest BCUT2D eigenvalue weighted by Crippen LogP contribution is -2.42. The Morgan fingerprint density at radius 1 is 1.06 bits per heavy atom. The maximum Gasteiger partial charge on any atom is 0.0128 e. The van der Waals surface area contributed by atoms with Gasteiger partial charge in [0.2, 0.25) is 0 Å². The molecule has 0 rings (SSSR count). The SMILES string of the molecule is CCCCN(CC)CCC(NCC)C(C)(C)C. The number of nitrogens with zero attached hydrogens (tertiary/aromatic N) is 1. The van der Waals surface area contributed by atoms with Crippen LogP contribution >= 0.6 is 0 Å². The first kappa shape index (κ1) is 16.9. The van der Waals surface area contributed by atoms with Crippen molar-refractivity contribution in [3.63, 3.8) is 0 Å². The molecule has 0 saturated carbocycles. The lowest BCUT2D eigenvalue weighted by atomic mass is 9.84. The van der Waals surface area contributed by atoms with Gasteiger partial charge in [0.15, 0.2) is 0 Å². The number of hydrogen-bond donors (Lipinski definition) is 1. The van der Waals surface area contributed by atoms with Gasteiger partial charge in [-0.25, -0.2) is 0 Å². The Balaban J connectivity index is 4.08. The molecule has 2 nitrogen and oxygen atoms in total. The molecule has 0 saturated heterocycles. The van der Waals surface area contributed by atoms with E-state index in [0.717, 1.165) is 6.54 Å². The first-order valence-electron chi connectivity index (χ1n) is 7.41. The molecular formula is C15H34N2. The van der Waals surface area contributed by atoms with E-state index >= 15 is 0 Å². The summed E-state index contributed by atoms with van der Waals surface area (Å²) in [5.41, 5.74) is 0.361. The smallest absolute Gasteiger partial charge is 0.0128 e. The largest absolute Gasteiger partial charge is 0.314 e. The minimum Gasteiger partial charge on any atom is -0.314 e. The van der Waals surface area contributed by atoms with Crippen LogP contribution in [0.15, 0.2) is 0 Å². The van der Waals surface area contributed by atoms with E-state index in [1.807, 2.05) is 0 Å².